The van der Waals surface area contributed by atoms with E-state index in [1.165, 1.54) is 17.0 Å². The smallest absolute Gasteiger partial charge is 0.325 e. The lowest BCUT2D eigenvalue weighted by Crippen LogP contribution is -2.32. The molecular weight excluding hydrogens is 395 g/mol. The number of primary amides is 1. The van der Waals surface area contributed by atoms with Crippen molar-refractivity contribution in [3.63, 3.8) is 0 Å². The molecule has 4 rings (SSSR count). The molecule has 7 nitrogen and oxygen atoms in total. The Balaban J connectivity index is 1.99. The molecule has 0 spiro atoms. The van der Waals surface area contributed by atoms with Gasteiger partial charge in [-0.05, 0) is 55.0 Å². The molecule has 4 aromatic rings. The fourth-order valence-electron chi connectivity index (χ4n) is 3.09. The molecule has 0 fully saturated rings. The van der Waals surface area contributed by atoms with Crippen molar-refractivity contribution in [3.05, 3.63) is 65.2 Å². The number of fused-ring (bicyclic) bond motifs is 1. The third kappa shape index (κ3) is 3.38. The van der Waals surface area contributed by atoms with Crippen molar-refractivity contribution in [2.24, 2.45) is 12.8 Å². The Kier molecular flexibility index (Phi) is 4.63. The molecule has 29 heavy (non-hydrogen) atoms. The SMILES string of the molecule is Cc1cc(F)ccc1-c1nc(N(C(N)=O)c2ccc(Cl)cc2)c2ncn(C)c2n1. The van der Waals surface area contributed by atoms with Crippen LogP contribution in [-0.4, -0.2) is 25.6 Å². The fourth-order valence-corrected chi connectivity index (χ4v) is 3.22. The zero-order valence-corrected chi connectivity index (χ0v) is 16.4. The van der Waals surface area contributed by atoms with Crippen LogP contribution >= 0.6 is 11.6 Å². The summed E-state index contributed by atoms with van der Waals surface area (Å²) < 4.78 is 15.3. The van der Waals surface area contributed by atoms with Gasteiger partial charge in [0.15, 0.2) is 22.8 Å². The number of halogens is 2. The van der Waals surface area contributed by atoms with Gasteiger partial charge in [-0.1, -0.05) is 11.6 Å². The Labute approximate surface area is 170 Å². The summed E-state index contributed by atoms with van der Waals surface area (Å²) >= 11 is 5.97. The van der Waals surface area contributed by atoms with E-state index in [2.05, 4.69) is 15.0 Å². The molecule has 0 radical (unpaired) electrons. The minimum Gasteiger partial charge on any atom is -0.351 e. The zero-order valence-electron chi connectivity index (χ0n) is 15.6. The molecule has 2 amide bonds. The van der Waals surface area contributed by atoms with Crippen LogP contribution in [0.15, 0.2) is 48.8 Å². The molecule has 0 atom stereocenters. The van der Waals surface area contributed by atoms with Gasteiger partial charge in [-0.3, -0.25) is 0 Å². The number of benzene rings is 2. The highest BCUT2D eigenvalue weighted by molar-refractivity contribution is 6.30. The number of nitrogens with zero attached hydrogens (tertiary/aromatic N) is 5. The van der Waals surface area contributed by atoms with Gasteiger partial charge in [0, 0.05) is 17.6 Å². The Bertz CT molecular complexity index is 1240. The van der Waals surface area contributed by atoms with Crippen molar-refractivity contribution < 1.29 is 9.18 Å². The minimum absolute atomic E-state index is 0.226. The van der Waals surface area contributed by atoms with Gasteiger partial charge in [0.05, 0.1) is 12.0 Å². The van der Waals surface area contributed by atoms with Crippen LogP contribution in [0.2, 0.25) is 5.02 Å². The second kappa shape index (κ2) is 7.14. The van der Waals surface area contributed by atoms with Gasteiger partial charge in [0.2, 0.25) is 0 Å². The van der Waals surface area contributed by atoms with Crippen molar-refractivity contribution in [2.45, 2.75) is 6.92 Å². The molecule has 2 heterocycles. The quantitative estimate of drug-likeness (QED) is 0.543. The molecular formula is C20H16ClFN6O. The topological polar surface area (TPSA) is 89.9 Å². The van der Waals surface area contributed by atoms with Crippen LogP contribution in [0.25, 0.3) is 22.6 Å². The lowest BCUT2D eigenvalue weighted by molar-refractivity contribution is 0.256. The fraction of sp³-hybridized carbons (Fsp3) is 0.100. The highest BCUT2D eigenvalue weighted by Crippen LogP contribution is 2.32. The van der Waals surface area contributed by atoms with Gasteiger partial charge >= 0.3 is 6.03 Å². The summed E-state index contributed by atoms with van der Waals surface area (Å²) in [5.41, 5.74) is 8.38. The van der Waals surface area contributed by atoms with E-state index >= 15 is 0 Å². The number of hydrogen-bond donors (Lipinski definition) is 1. The Morgan fingerprint density at radius 3 is 2.55 bits per heavy atom. The van der Waals surface area contributed by atoms with Crippen LogP contribution in [-0.2, 0) is 7.05 Å². The van der Waals surface area contributed by atoms with Crippen LogP contribution in [0.5, 0.6) is 0 Å². The predicted octanol–water partition coefficient (Wildman–Crippen LogP) is 4.35. The normalized spacial score (nSPS) is 11.0. The molecule has 2 aromatic carbocycles. The first kappa shape index (κ1) is 18.8. The average molecular weight is 411 g/mol. The first-order valence-electron chi connectivity index (χ1n) is 8.66. The van der Waals surface area contributed by atoms with Crippen LogP contribution in [0.4, 0.5) is 20.7 Å². The van der Waals surface area contributed by atoms with E-state index in [4.69, 9.17) is 17.3 Å². The lowest BCUT2D eigenvalue weighted by atomic mass is 10.1. The first-order valence-corrected chi connectivity index (χ1v) is 9.03. The number of anilines is 2. The molecule has 0 aliphatic carbocycles. The number of amides is 2. The van der Waals surface area contributed by atoms with E-state index in [0.29, 0.717) is 38.8 Å². The van der Waals surface area contributed by atoms with Crippen LogP contribution < -0.4 is 10.6 Å². The van der Waals surface area contributed by atoms with Gasteiger partial charge in [-0.15, -0.1) is 0 Å². The number of carbonyl (C=O) groups excluding carboxylic acids is 1. The van der Waals surface area contributed by atoms with Crippen molar-refractivity contribution in [1.82, 2.24) is 19.5 Å². The monoisotopic (exact) mass is 410 g/mol. The lowest BCUT2D eigenvalue weighted by Gasteiger charge is -2.20. The molecule has 0 unspecified atom stereocenters. The summed E-state index contributed by atoms with van der Waals surface area (Å²) in [4.78, 5) is 27.1. The Morgan fingerprint density at radius 2 is 1.90 bits per heavy atom. The van der Waals surface area contributed by atoms with E-state index in [1.54, 1.807) is 55.2 Å². The van der Waals surface area contributed by atoms with Gasteiger partial charge in [0.25, 0.3) is 0 Å². The van der Waals surface area contributed by atoms with Crippen LogP contribution in [0.1, 0.15) is 5.56 Å². The van der Waals surface area contributed by atoms with E-state index < -0.39 is 6.03 Å². The third-order valence-corrected chi connectivity index (χ3v) is 4.74. The second-order valence-electron chi connectivity index (χ2n) is 6.51. The van der Waals surface area contributed by atoms with Gasteiger partial charge < -0.3 is 10.3 Å². The average Bonchev–Trinajstić information content (AvgIpc) is 3.04. The molecule has 0 bridgehead atoms. The summed E-state index contributed by atoms with van der Waals surface area (Å²) in [6.07, 6.45) is 1.57. The van der Waals surface area contributed by atoms with Crippen molar-refractivity contribution in [1.29, 1.82) is 0 Å². The molecule has 2 N–H and O–H groups in total. The van der Waals surface area contributed by atoms with Crippen molar-refractivity contribution in [3.8, 4) is 11.4 Å². The summed E-state index contributed by atoms with van der Waals surface area (Å²) in [5.74, 6) is 0.200. The molecule has 0 saturated carbocycles. The maximum Gasteiger partial charge on any atom is 0.325 e. The summed E-state index contributed by atoms with van der Waals surface area (Å²) in [6.45, 7) is 1.76. The van der Waals surface area contributed by atoms with E-state index in [1.807, 2.05) is 0 Å². The maximum atomic E-state index is 13.6. The van der Waals surface area contributed by atoms with E-state index in [9.17, 15) is 9.18 Å². The summed E-state index contributed by atoms with van der Waals surface area (Å²) in [6, 6.07) is 10.2. The molecule has 2 aromatic heterocycles. The first-order chi connectivity index (χ1) is 13.8. The number of aryl methyl sites for hydroxylation is 2. The number of carbonyl (C=O) groups is 1. The van der Waals surface area contributed by atoms with Gasteiger partial charge in [0.1, 0.15) is 5.82 Å². The number of urea groups is 1. The summed E-state index contributed by atoms with van der Waals surface area (Å²) in [5, 5.41) is 0.520. The number of rotatable bonds is 3. The highest BCUT2D eigenvalue weighted by atomic mass is 35.5. The third-order valence-electron chi connectivity index (χ3n) is 4.49. The molecule has 0 saturated heterocycles. The minimum atomic E-state index is -0.736. The van der Waals surface area contributed by atoms with Gasteiger partial charge in [-0.2, -0.15) is 0 Å². The number of nitrogens with two attached hydrogens (primary N) is 1. The molecule has 9 heteroatoms. The van der Waals surface area contributed by atoms with Crippen LogP contribution in [0, 0.1) is 12.7 Å². The molecule has 0 aliphatic heterocycles. The van der Waals surface area contributed by atoms with E-state index in [0.717, 1.165) is 0 Å². The standard InChI is InChI=1S/C20H16ClFN6O/c1-11-9-13(22)5-8-15(11)17-25-18-16(24-10-27(18)2)19(26-17)28(20(23)29)14-6-3-12(21)4-7-14/h3-10H,1-2H3,(H2,23,29). The van der Waals surface area contributed by atoms with E-state index in [-0.39, 0.29) is 11.6 Å². The van der Waals surface area contributed by atoms with Crippen molar-refractivity contribution in [2.75, 3.05) is 4.90 Å². The predicted molar refractivity (Wildman–Crippen MR) is 110 cm³/mol. The zero-order chi connectivity index (χ0) is 20.7. The Hall–Kier alpha value is -3.52. The number of hydrogen-bond acceptors (Lipinski definition) is 4. The maximum absolute atomic E-state index is 13.6. The summed E-state index contributed by atoms with van der Waals surface area (Å²) in [7, 11) is 1.78. The van der Waals surface area contributed by atoms with Crippen LogP contribution in [0.3, 0.4) is 0 Å². The second-order valence-corrected chi connectivity index (χ2v) is 6.94. The Morgan fingerprint density at radius 1 is 1.17 bits per heavy atom. The molecule has 0 aliphatic rings. The number of aromatic nitrogens is 4. The van der Waals surface area contributed by atoms with Gasteiger partial charge in [-0.25, -0.2) is 29.0 Å². The highest BCUT2D eigenvalue weighted by Gasteiger charge is 2.24. The number of imidazole rings is 1. The van der Waals surface area contributed by atoms with Crippen molar-refractivity contribution >= 4 is 40.3 Å². The molecule has 146 valence electrons. The largest absolute Gasteiger partial charge is 0.351 e.